The number of nitrogens with zero attached hydrogens (tertiary/aromatic N) is 2. The van der Waals surface area contributed by atoms with E-state index in [0.29, 0.717) is 6.10 Å². The molecular formula is C13H24N4O. The Morgan fingerprint density at radius 1 is 1.56 bits per heavy atom. The second-order valence-electron chi connectivity index (χ2n) is 4.93. The highest BCUT2D eigenvalue weighted by molar-refractivity contribution is 5.65. The van der Waals surface area contributed by atoms with E-state index in [1.54, 1.807) is 0 Å². The summed E-state index contributed by atoms with van der Waals surface area (Å²) in [5, 5.41) is 7.83. The number of nitrogens with two attached hydrogens (primary N) is 1. The zero-order valence-corrected chi connectivity index (χ0v) is 11.4. The van der Waals surface area contributed by atoms with E-state index in [1.807, 2.05) is 11.7 Å². The van der Waals surface area contributed by atoms with Gasteiger partial charge < -0.3 is 15.8 Å². The predicted molar refractivity (Wildman–Crippen MR) is 73.7 cm³/mol. The van der Waals surface area contributed by atoms with Crippen molar-refractivity contribution >= 4 is 11.5 Å². The molecule has 0 spiro atoms. The second-order valence-corrected chi connectivity index (χ2v) is 4.93. The van der Waals surface area contributed by atoms with Crippen molar-refractivity contribution in [1.82, 2.24) is 9.78 Å². The highest BCUT2D eigenvalue weighted by Crippen LogP contribution is 2.23. The summed E-state index contributed by atoms with van der Waals surface area (Å²) in [5.41, 5.74) is 7.90. The minimum absolute atomic E-state index is 0.419. The molecule has 18 heavy (non-hydrogen) atoms. The van der Waals surface area contributed by atoms with Crippen LogP contribution in [-0.2, 0) is 18.2 Å². The highest BCUT2D eigenvalue weighted by atomic mass is 16.5. The van der Waals surface area contributed by atoms with E-state index in [0.717, 1.165) is 49.6 Å². The van der Waals surface area contributed by atoms with Crippen LogP contribution in [0.4, 0.5) is 11.5 Å². The lowest BCUT2D eigenvalue weighted by atomic mass is 10.2. The zero-order chi connectivity index (χ0) is 13.0. The summed E-state index contributed by atoms with van der Waals surface area (Å²) in [6.45, 7) is 3.94. The maximum atomic E-state index is 6.11. The van der Waals surface area contributed by atoms with Gasteiger partial charge in [-0.25, -0.2) is 0 Å². The summed E-state index contributed by atoms with van der Waals surface area (Å²) in [7, 11) is 1.93. The molecule has 0 aromatic carbocycles. The molecule has 5 nitrogen and oxygen atoms in total. The lowest BCUT2D eigenvalue weighted by Crippen LogP contribution is -2.14. The predicted octanol–water partition coefficient (Wildman–Crippen LogP) is 1.94. The molecule has 0 amide bonds. The van der Waals surface area contributed by atoms with E-state index in [-0.39, 0.29) is 0 Å². The zero-order valence-electron chi connectivity index (χ0n) is 11.4. The van der Waals surface area contributed by atoms with Crippen LogP contribution in [0.3, 0.4) is 0 Å². The van der Waals surface area contributed by atoms with Gasteiger partial charge in [0, 0.05) is 20.2 Å². The highest BCUT2D eigenvalue weighted by Gasteiger charge is 2.16. The Morgan fingerprint density at radius 2 is 2.39 bits per heavy atom. The third-order valence-electron chi connectivity index (χ3n) is 3.43. The number of hydrogen-bond donors (Lipinski definition) is 2. The van der Waals surface area contributed by atoms with E-state index in [9.17, 15) is 0 Å². The average Bonchev–Trinajstić information content (AvgIpc) is 2.93. The standard InChI is InChI=1S/C13H24N4O/c1-3-5-11-12(14)13(17(2)16-11)15-8-7-10-6-4-9-18-10/h10,15H,3-9,14H2,1-2H3. The van der Waals surface area contributed by atoms with Crippen LogP contribution in [0, 0.1) is 0 Å². The maximum Gasteiger partial charge on any atom is 0.147 e. The Bertz CT molecular complexity index is 383. The third kappa shape index (κ3) is 2.96. The first kappa shape index (κ1) is 13.2. The quantitative estimate of drug-likeness (QED) is 0.812. The van der Waals surface area contributed by atoms with E-state index in [4.69, 9.17) is 10.5 Å². The molecule has 2 rings (SSSR count). The number of rotatable bonds is 6. The molecule has 3 N–H and O–H groups in total. The van der Waals surface area contributed by atoms with Crippen LogP contribution >= 0.6 is 0 Å². The van der Waals surface area contributed by atoms with E-state index >= 15 is 0 Å². The number of nitrogen functional groups attached to an aromatic ring is 1. The molecule has 1 atom stereocenters. The first-order valence-electron chi connectivity index (χ1n) is 6.89. The largest absolute Gasteiger partial charge is 0.394 e. The topological polar surface area (TPSA) is 65.1 Å². The van der Waals surface area contributed by atoms with Gasteiger partial charge in [-0.2, -0.15) is 5.10 Å². The summed E-state index contributed by atoms with van der Waals surface area (Å²) in [4.78, 5) is 0. The molecule has 5 heteroatoms. The molecule has 0 radical (unpaired) electrons. The van der Waals surface area contributed by atoms with Crippen LogP contribution in [0.5, 0.6) is 0 Å². The molecular weight excluding hydrogens is 228 g/mol. The number of ether oxygens (including phenoxy) is 1. The molecule has 0 bridgehead atoms. The minimum Gasteiger partial charge on any atom is -0.394 e. The van der Waals surface area contributed by atoms with Crippen LogP contribution < -0.4 is 11.1 Å². The molecule has 102 valence electrons. The fourth-order valence-corrected chi connectivity index (χ4v) is 2.45. The van der Waals surface area contributed by atoms with Crippen molar-refractivity contribution in [2.45, 2.75) is 45.1 Å². The molecule has 1 unspecified atom stereocenters. The van der Waals surface area contributed by atoms with Crippen molar-refractivity contribution in [3.05, 3.63) is 5.69 Å². The summed E-state index contributed by atoms with van der Waals surface area (Å²) in [5.74, 6) is 0.941. The molecule has 0 saturated carbocycles. The summed E-state index contributed by atoms with van der Waals surface area (Å²) in [6, 6.07) is 0. The van der Waals surface area contributed by atoms with Crippen LogP contribution in [0.1, 0.15) is 38.3 Å². The van der Waals surface area contributed by atoms with Crippen LogP contribution in [0.2, 0.25) is 0 Å². The molecule has 0 aliphatic carbocycles. The molecule has 1 aliphatic rings. The van der Waals surface area contributed by atoms with Crippen LogP contribution in [0.15, 0.2) is 0 Å². The van der Waals surface area contributed by atoms with Gasteiger partial charge in [0.05, 0.1) is 17.5 Å². The Kier molecular flexibility index (Phi) is 4.47. The van der Waals surface area contributed by atoms with Gasteiger partial charge in [0.15, 0.2) is 0 Å². The molecule has 2 heterocycles. The summed E-state index contributed by atoms with van der Waals surface area (Å²) < 4.78 is 7.44. The van der Waals surface area contributed by atoms with Gasteiger partial charge in [-0.3, -0.25) is 4.68 Å². The Balaban J connectivity index is 1.87. The summed E-state index contributed by atoms with van der Waals surface area (Å²) in [6.07, 6.45) is 5.84. The second kappa shape index (κ2) is 6.09. The Hall–Kier alpha value is -1.23. The first-order valence-corrected chi connectivity index (χ1v) is 6.89. The third-order valence-corrected chi connectivity index (χ3v) is 3.43. The van der Waals surface area contributed by atoms with E-state index in [1.165, 1.54) is 12.8 Å². The van der Waals surface area contributed by atoms with Gasteiger partial charge in [-0.15, -0.1) is 0 Å². The van der Waals surface area contributed by atoms with Crippen molar-refractivity contribution < 1.29 is 4.74 Å². The van der Waals surface area contributed by atoms with Crippen LogP contribution in [0.25, 0.3) is 0 Å². The number of anilines is 2. The smallest absolute Gasteiger partial charge is 0.147 e. The van der Waals surface area contributed by atoms with Gasteiger partial charge in [0.1, 0.15) is 5.82 Å². The van der Waals surface area contributed by atoms with Crippen molar-refractivity contribution in [2.75, 3.05) is 24.2 Å². The fourth-order valence-electron chi connectivity index (χ4n) is 2.45. The Labute approximate surface area is 109 Å². The molecule has 1 fully saturated rings. The molecule has 1 aromatic heterocycles. The summed E-state index contributed by atoms with van der Waals surface area (Å²) >= 11 is 0. The van der Waals surface area contributed by atoms with Crippen molar-refractivity contribution in [1.29, 1.82) is 0 Å². The number of nitrogens with one attached hydrogen (secondary N) is 1. The van der Waals surface area contributed by atoms with Crippen molar-refractivity contribution in [3.63, 3.8) is 0 Å². The van der Waals surface area contributed by atoms with E-state index < -0.39 is 0 Å². The average molecular weight is 252 g/mol. The fraction of sp³-hybridized carbons (Fsp3) is 0.769. The van der Waals surface area contributed by atoms with E-state index in [2.05, 4.69) is 17.3 Å². The molecule has 1 aromatic rings. The van der Waals surface area contributed by atoms with Gasteiger partial charge in [-0.05, 0) is 25.7 Å². The van der Waals surface area contributed by atoms with Gasteiger partial charge in [0.2, 0.25) is 0 Å². The van der Waals surface area contributed by atoms with Gasteiger partial charge in [0.25, 0.3) is 0 Å². The maximum absolute atomic E-state index is 6.11. The number of aryl methyl sites for hydroxylation is 2. The molecule has 1 aliphatic heterocycles. The lowest BCUT2D eigenvalue weighted by molar-refractivity contribution is 0.107. The lowest BCUT2D eigenvalue weighted by Gasteiger charge is -2.11. The minimum atomic E-state index is 0.419. The number of hydrogen-bond acceptors (Lipinski definition) is 4. The number of aromatic nitrogens is 2. The molecule has 1 saturated heterocycles. The first-order chi connectivity index (χ1) is 8.72. The van der Waals surface area contributed by atoms with Gasteiger partial charge in [-0.1, -0.05) is 13.3 Å². The van der Waals surface area contributed by atoms with Gasteiger partial charge >= 0.3 is 0 Å². The Morgan fingerprint density at radius 3 is 3.06 bits per heavy atom. The normalized spacial score (nSPS) is 19.3. The SMILES string of the molecule is CCCc1nn(C)c(NCCC2CCCO2)c1N. The van der Waals surface area contributed by atoms with Crippen molar-refractivity contribution in [3.8, 4) is 0 Å². The van der Waals surface area contributed by atoms with Crippen molar-refractivity contribution in [2.24, 2.45) is 7.05 Å². The monoisotopic (exact) mass is 252 g/mol. The van der Waals surface area contributed by atoms with Crippen LogP contribution in [-0.4, -0.2) is 29.0 Å².